The van der Waals surface area contributed by atoms with Crippen LogP contribution < -0.4 is 11.1 Å². The van der Waals surface area contributed by atoms with Crippen LogP contribution in [0, 0.1) is 5.82 Å². The highest BCUT2D eigenvalue weighted by Crippen LogP contribution is 2.31. The molecule has 1 atom stereocenters. The Bertz CT molecular complexity index is 605. The first-order chi connectivity index (χ1) is 12.0. The lowest BCUT2D eigenvalue weighted by Gasteiger charge is -2.25. The van der Waals surface area contributed by atoms with Gasteiger partial charge >= 0.3 is 0 Å². The molecule has 1 aliphatic heterocycles. The summed E-state index contributed by atoms with van der Waals surface area (Å²) in [6, 6.07) is 1.49. The molecule has 6 nitrogen and oxygen atoms in total. The van der Waals surface area contributed by atoms with Gasteiger partial charge in [-0.1, -0.05) is 27.7 Å². The van der Waals surface area contributed by atoms with Gasteiger partial charge in [0.2, 0.25) is 5.91 Å². The van der Waals surface area contributed by atoms with E-state index in [1.807, 2.05) is 27.7 Å². The van der Waals surface area contributed by atoms with E-state index in [2.05, 4.69) is 5.32 Å². The van der Waals surface area contributed by atoms with Gasteiger partial charge in [-0.15, -0.1) is 0 Å². The minimum absolute atomic E-state index is 0.136. The van der Waals surface area contributed by atoms with Crippen molar-refractivity contribution in [3.63, 3.8) is 0 Å². The molecule has 1 unspecified atom stereocenters. The highest BCUT2D eigenvalue weighted by atomic mass is 19.1. The molecule has 0 aromatic heterocycles. The Morgan fingerprint density at radius 2 is 1.96 bits per heavy atom. The van der Waals surface area contributed by atoms with Gasteiger partial charge in [-0.25, -0.2) is 4.39 Å². The van der Waals surface area contributed by atoms with E-state index in [0.29, 0.717) is 11.8 Å². The second-order valence-corrected chi connectivity index (χ2v) is 4.83. The van der Waals surface area contributed by atoms with Crippen LogP contribution in [0.1, 0.15) is 56.5 Å². The average molecular weight is 353 g/mol. The van der Waals surface area contributed by atoms with E-state index >= 15 is 0 Å². The first kappa shape index (κ1) is 22.6. The number of likely N-dealkylation sites (N-methyl/N-ethyl adjacent to an activating group) is 1. The predicted octanol–water partition coefficient (Wildman–Crippen LogP) is 2.51. The number of nitrogen functional groups attached to an aromatic ring is 1. The Balaban J connectivity index is 0.00000134. The lowest BCUT2D eigenvalue weighted by molar-refractivity contribution is -0.125. The summed E-state index contributed by atoms with van der Waals surface area (Å²) < 4.78 is 13.4. The van der Waals surface area contributed by atoms with Gasteiger partial charge in [0.25, 0.3) is 5.91 Å². The third-order valence-electron chi connectivity index (χ3n) is 3.55. The number of nitrogens with one attached hydrogen (secondary N) is 1. The molecule has 140 valence electrons. The van der Waals surface area contributed by atoms with Crippen LogP contribution in [0.3, 0.4) is 0 Å². The van der Waals surface area contributed by atoms with Crippen LogP contribution in [-0.2, 0) is 16.1 Å². The average Bonchev–Trinajstić information content (AvgIpc) is 2.96. The zero-order valence-electron chi connectivity index (χ0n) is 15.6. The molecular formula is C18H28FN3O3. The number of anilines is 1. The van der Waals surface area contributed by atoms with E-state index in [4.69, 9.17) is 5.73 Å². The summed E-state index contributed by atoms with van der Waals surface area (Å²) in [5.41, 5.74) is 6.61. The molecule has 1 aromatic carbocycles. The molecule has 3 N–H and O–H groups in total. The molecule has 0 bridgehead atoms. The Morgan fingerprint density at radius 1 is 1.36 bits per heavy atom. The van der Waals surface area contributed by atoms with Crippen molar-refractivity contribution in [2.45, 2.75) is 53.1 Å². The molecule has 2 amide bonds. The zero-order chi connectivity index (χ0) is 19.6. The minimum atomic E-state index is -0.775. The van der Waals surface area contributed by atoms with Crippen molar-refractivity contribution in [3.8, 4) is 0 Å². The van der Waals surface area contributed by atoms with E-state index < -0.39 is 17.8 Å². The second kappa shape index (κ2) is 11.2. The number of benzene rings is 1. The van der Waals surface area contributed by atoms with Crippen LogP contribution in [0.15, 0.2) is 12.1 Å². The summed E-state index contributed by atoms with van der Waals surface area (Å²) in [6.45, 7) is 8.14. The third-order valence-corrected chi connectivity index (χ3v) is 3.55. The van der Waals surface area contributed by atoms with E-state index in [1.54, 1.807) is 0 Å². The quantitative estimate of drug-likeness (QED) is 0.628. The molecular weight excluding hydrogens is 325 g/mol. The van der Waals surface area contributed by atoms with Crippen molar-refractivity contribution in [1.29, 1.82) is 0 Å². The maximum atomic E-state index is 13.4. The maximum Gasteiger partial charge on any atom is 0.255 e. The molecule has 0 saturated heterocycles. The van der Waals surface area contributed by atoms with Crippen LogP contribution in [0.4, 0.5) is 10.1 Å². The number of halogens is 1. The number of fused-ring (bicyclic) bond motifs is 1. The van der Waals surface area contributed by atoms with Crippen molar-refractivity contribution < 1.29 is 18.8 Å². The molecule has 0 radical (unpaired) electrons. The predicted molar refractivity (Wildman–Crippen MR) is 96.5 cm³/mol. The molecule has 25 heavy (non-hydrogen) atoms. The van der Waals surface area contributed by atoms with Crippen molar-refractivity contribution in [2.24, 2.45) is 0 Å². The first-order valence-electron chi connectivity index (χ1n) is 8.53. The minimum Gasteiger partial charge on any atom is -0.398 e. The smallest absolute Gasteiger partial charge is 0.255 e. The van der Waals surface area contributed by atoms with E-state index in [0.717, 1.165) is 12.1 Å². The fourth-order valence-electron chi connectivity index (χ4n) is 2.49. The van der Waals surface area contributed by atoms with Crippen LogP contribution in [0.5, 0.6) is 0 Å². The molecule has 1 aromatic rings. The van der Waals surface area contributed by atoms with Crippen LogP contribution in [0.25, 0.3) is 0 Å². The molecule has 0 fully saturated rings. The third kappa shape index (κ3) is 5.27. The normalized spacial score (nSPS) is 12.9. The van der Waals surface area contributed by atoms with Gasteiger partial charge in [-0.2, -0.15) is 0 Å². The maximum absolute atomic E-state index is 13.4. The van der Waals surface area contributed by atoms with Gasteiger partial charge in [0.05, 0.1) is 0 Å². The summed E-state index contributed by atoms with van der Waals surface area (Å²) in [6.07, 6.45) is 1.06. The number of amides is 2. The van der Waals surface area contributed by atoms with Crippen molar-refractivity contribution in [3.05, 3.63) is 29.1 Å². The van der Waals surface area contributed by atoms with Crippen molar-refractivity contribution in [1.82, 2.24) is 10.2 Å². The zero-order valence-corrected chi connectivity index (χ0v) is 15.6. The van der Waals surface area contributed by atoms with E-state index in [9.17, 15) is 18.8 Å². The number of aldehydes is 1. The van der Waals surface area contributed by atoms with Gasteiger partial charge in [-0.05, 0) is 18.6 Å². The summed E-state index contributed by atoms with van der Waals surface area (Å²) in [4.78, 5) is 36.1. The van der Waals surface area contributed by atoms with Gasteiger partial charge in [0.15, 0.2) is 0 Å². The monoisotopic (exact) mass is 353 g/mol. The number of hydrogen-bond donors (Lipinski definition) is 2. The molecule has 0 spiro atoms. The molecule has 0 saturated carbocycles. The first-order valence-corrected chi connectivity index (χ1v) is 8.53. The lowest BCUT2D eigenvalue weighted by atomic mass is 10.1. The van der Waals surface area contributed by atoms with Crippen molar-refractivity contribution >= 4 is 23.8 Å². The fraction of sp³-hybridized carbons (Fsp3) is 0.500. The number of rotatable bonds is 5. The molecule has 1 heterocycles. The fourth-order valence-corrected chi connectivity index (χ4v) is 2.49. The molecule has 2 rings (SSSR count). The van der Waals surface area contributed by atoms with Gasteiger partial charge < -0.3 is 20.7 Å². The Morgan fingerprint density at radius 3 is 2.48 bits per heavy atom. The molecule has 7 heteroatoms. The summed E-state index contributed by atoms with van der Waals surface area (Å²) >= 11 is 0. The standard InChI is InChI=1S/C14H16FN3O3.2C2H6/c1-17-13(20)12(3-2-4-19)18-7-10-9(14(18)21)5-8(15)6-11(10)16;2*1-2/h4-6,12H,2-3,7,16H2,1H3,(H,17,20);2*1-2H3. The van der Waals surface area contributed by atoms with E-state index in [1.165, 1.54) is 11.9 Å². The van der Waals surface area contributed by atoms with Gasteiger partial charge in [0.1, 0.15) is 18.1 Å². The van der Waals surface area contributed by atoms with Crippen molar-refractivity contribution in [2.75, 3.05) is 12.8 Å². The van der Waals surface area contributed by atoms with Gasteiger partial charge in [-0.3, -0.25) is 9.59 Å². The SMILES string of the molecule is CC.CC.CNC(=O)C(CCC=O)N1Cc2c(N)cc(F)cc2C1=O. The summed E-state index contributed by atoms with van der Waals surface area (Å²) in [5, 5.41) is 2.47. The van der Waals surface area contributed by atoms with Gasteiger partial charge in [0, 0.05) is 36.8 Å². The second-order valence-electron chi connectivity index (χ2n) is 4.83. The highest BCUT2D eigenvalue weighted by molar-refractivity contribution is 6.02. The molecule has 0 aliphatic carbocycles. The summed E-state index contributed by atoms with van der Waals surface area (Å²) in [5.74, 6) is -1.40. The number of nitrogens with zero attached hydrogens (tertiary/aromatic N) is 1. The highest BCUT2D eigenvalue weighted by Gasteiger charge is 2.37. The summed E-state index contributed by atoms with van der Waals surface area (Å²) in [7, 11) is 1.46. The van der Waals surface area contributed by atoms with Crippen LogP contribution in [0.2, 0.25) is 0 Å². The lowest BCUT2D eigenvalue weighted by Crippen LogP contribution is -2.46. The van der Waals surface area contributed by atoms with Crippen LogP contribution >= 0.6 is 0 Å². The Hall–Kier alpha value is -2.44. The van der Waals surface area contributed by atoms with Crippen LogP contribution in [-0.4, -0.2) is 36.1 Å². The number of carbonyl (C=O) groups excluding carboxylic acids is 3. The largest absolute Gasteiger partial charge is 0.398 e. The number of nitrogens with two attached hydrogens (primary N) is 1. The Kier molecular flexibility index (Phi) is 10.1. The van der Waals surface area contributed by atoms with E-state index in [-0.39, 0.29) is 36.5 Å². The number of carbonyl (C=O) groups is 3. The topological polar surface area (TPSA) is 92.5 Å². The Labute approximate surface area is 148 Å². The number of hydrogen-bond acceptors (Lipinski definition) is 4. The molecule has 1 aliphatic rings.